The van der Waals surface area contributed by atoms with Crippen molar-refractivity contribution < 1.29 is 19.0 Å². The number of esters is 1. The van der Waals surface area contributed by atoms with Crippen molar-refractivity contribution in [2.45, 2.75) is 71.6 Å². The van der Waals surface area contributed by atoms with Gasteiger partial charge in [-0.05, 0) is 46.5 Å². The minimum Gasteiger partial charge on any atom is -0.463 e. The van der Waals surface area contributed by atoms with E-state index in [2.05, 4.69) is 6.08 Å². The fourth-order valence-corrected chi connectivity index (χ4v) is 2.05. The summed E-state index contributed by atoms with van der Waals surface area (Å²) in [5, 5.41) is 8.50. The van der Waals surface area contributed by atoms with Crippen LogP contribution >= 0.6 is 0 Å². The molecule has 0 heterocycles. The number of unbranched alkanes of at least 4 members (excludes halogenated alkanes) is 1. The van der Waals surface area contributed by atoms with Crippen molar-refractivity contribution in [3.8, 4) is 0 Å². The number of allylic oxidation sites excluding steroid dienone is 2. The highest BCUT2D eigenvalue weighted by atomic mass is 19.1. The second-order valence-electron chi connectivity index (χ2n) is 5.39. The average Bonchev–Trinajstić information content (AvgIpc) is 2.80. The third-order valence-corrected chi connectivity index (χ3v) is 3.16. The van der Waals surface area contributed by atoms with Crippen LogP contribution in [0.2, 0.25) is 0 Å². The van der Waals surface area contributed by atoms with Crippen LogP contribution in [0.4, 0.5) is 4.39 Å². The molecular weight excluding hydrogens is 259 g/mol. The Morgan fingerprint density at radius 2 is 2.15 bits per heavy atom. The molecule has 1 N–H and O–H groups in total. The minimum absolute atomic E-state index is 0.0132. The number of aliphatic hydroxyl groups excluding tert-OH is 1. The molecule has 0 radical (unpaired) electrons. The highest BCUT2D eigenvalue weighted by Crippen LogP contribution is 2.27. The number of carbonyl (C=O) groups is 1. The molecule has 4 heteroatoms. The van der Waals surface area contributed by atoms with E-state index in [9.17, 15) is 9.18 Å². The number of rotatable bonds is 6. The maximum absolute atomic E-state index is 12.4. The van der Waals surface area contributed by atoms with Crippen molar-refractivity contribution in [1.82, 2.24) is 0 Å². The van der Waals surface area contributed by atoms with E-state index >= 15 is 0 Å². The van der Waals surface area contributed by atoms with Gasteiger partial charge in [0.25, 0.3) is 0 Å². The third kappa shape index (κ3) is 9.96. The summed E-state index contributed by atoms with van der Waals surface area (Å²) >= 11 is 0. The Balaban J connectivity index is 0.000000388. The summed E-state index contributed by atoms with van der Waals surface area (Å²) in [6.45, 7) is 5.74. The van der Waals surface area contributed by atoms with E-state index in [1.165, 1.54) is 0 Å². The highest BCUT2D eigenvalue weighted by Gasteiger charge is 2.25. The molecule has 0 aromatic heterocycles. The Morgan fingerprint density at radius 1 is 1.45 bits per heavy atom. The van der Waals surface area contributed by atoms with Crippen molar-refractivity contribution in [3.05, 3.63) is 12.2 Å². The molecule has 1 rings (SSSR count). The largest absolute Gasteiger partial charge is 0.463 e. The van der Waals surface area contributed by atoms with Crippen molar-refractivity contribution in [1.29, 1.82) is 0 Å². The molecule has 118 valence electrons. The van der Waals surface area contributed by atoms with Crippen LogP contribution in [0.15, 0.2) is 12.2 Å². The van der Waals surface area contributed by atoms with E-state index in [0.29, 0.717) is 12.8 Å². The first-order valence-corrected chi connectivity index (χ1v) is 7.56. The molecule has 0 aliphatic heterocycles. The van der Waals surface area contributed by atoms with Crippen LogP contribution in [-0.2, 0) is 9.53 Å². The molecule has 0 aromatic rings. The molecule has 0 amide bonds. The summed E-state index contributed by atoms with van der Waals surface area (Å²) in [5.74, 6) is -0.135. The second kappa shape index (κ2) is 11.9. The van der Waals surface area contributed by atoms with Gasteiger partial charge in [-0.25, -0.2) is 4.39 Å². The normalized spacial score (nSPS) is 21.9. The first-order valence-electron chi connectivity index (χ1n) is 7.56. The van der Waals surface area contributed by atoms with E-state index in [1.807, 2.05) is 26.8 Å². The van der Waals surface area contributed by atoms with Crippen LogP contribution in [0.3, 0.4) is 0 Å². The van der Waals surface area contributed by atoms with Gasteiger partial charge in [-0.2, -0.15) is 0 Å². The van der Waals surface area contributed by atoms with E-state index in [-0.39, 0.29) is 24.6 Å². The maximum Gasteiger partial charge on any atom is 0.306 e. The number of halogens is 1. The van der Waals surface area contributed by atoms with Crippen LogP contribution in [0, 0.1) is 5.92 Å². The lowest BCUT2D eigenvalue weighted by Gasteiger charge is -2.06. The average molecular weight is 288 g/mol. The third-order valence-electron chi connectivity index (χ3n) is 3.16. The van der Waals surface area contributed by atoms with Gasteiger partial charge < -0.3 is 9.84 Å². The Kier molecular flexibility index (Phi) is 11.4. The van der Waals surface area contributed by atoms with Gasteiger partial charge in [-0.1, -0.05) is 18.6 Å². The van der Waals surface area contributed by atoms with Gasteiger partial charge in [0.2, 0.25) is 0 Å². The molecule has 2 atom stereocenters. The molecule has 20 heavy (non-hydrogen) atoms. The van der Waals surface area contributed by atoms with Crippen LogP contribution < -0.4 is 0 Å². The standard InChI is InChI=1S/C10H18O2.C6H11FO/c1-4-5-6-7-8-10(11)12-9(2)3;7-6-3-1-2-5(6)4-8/h4-5,9H,6-8H2,1-3H3;5-6,8H,1-4H2/b5-4-;. The van der Waals surface area contributed by atoms with Gasteiger partial charge >= 0.3 is 5.97 Å². The topological polar surface area (TPSA) is 46.5 Å². The summed E-state index contributed by atoms with van der Waals surface area (Å²) in [5.41, 5.74) is 0. The van der Waals surface area contributed by atoms with Crippen molar-refractivity contribution in [2.24, 2.45) is 5.92 Å². The van der Waals surface area contributed by atoms with Gasteiger partial charge in [-0.15, -0.1) is 0 Å². The molecule has 3 nitrogen and oxygen atoms in total. The molecule has 0 aromatic carbocycles. The van der Waals surface area contributed by atoms with Gasteiger partial charge in [0.05, 0.1) is 6.10 Å². The predicted molar refractivity (Wildman–Crippen MR) is 79.2 cm³/mol. The van der Waals surface area contributed by atoms with Gasteiger partial charge in [-0.3, -0.25) is 4.79 Å². The predicted octanol–water partition coefficient (Wildman–Crippen LogP) is 3.80. The van der Waals surface area contributed by atoms with Crippen LogP contribution in [0.1, 0.15) is 59.3 Å². The summed E-state index contributed by atoms with van der Waals surface area (Å²) in [7, 11) is 0. The van der Waals surface area contributed by atoms with Crippen molar-refractivity contribution in [3.63, 3.8) is 0 Å². The van der Waals surface area contributed by atoms with E-state index in [4.69, 9.17) is 9.84 Å². The molecule has 0 spiro atoms. The quantitative estimate of drug-likeness (QED) is 0.459. The number of ether oxygens (including phenoxy) is 1. The van der Waals surface area contributed by atoms with Crippen molar-refractivity contribution in [2.75, 3.05) is 6.61 Å². The lowest BCUT2D eigenvalue weighted by molar-refractivity contribution is -0.147. The molecule has 0 bridgehead atoms. The zero-order valence-electron chi connectivity index (χ0n) is 13.0. The fraction of sp³-hybridized carbons (Fsp3) is 0.812. The van der Waals surface area contributed by atoms with Crippen LogP contribution in [0.25, 0.3) is 0 Å². The number of carbonyl (C=O) groups excluding carboxylic acids is 1. The Bertz CT molecular complexity index is 277. The lowest BCUT2D eigenvalue weighted by atomic mass is 10.1. The zero-order valence-corrected chi connectivity index (χ0v) is 13.0. The Labute approximate surface area is 122 Å². The minimum atomic E-state index is -0.722. The summed E-state index contributed by atoms with van der Waals surface area (Å²) in [6, 6.07) is 0. The van der Waals surface area contributed by atoms with E-state index in [1.54, 1.807) is 0 Å². The summed E-state index contributed by atoms with van der Waals surface area (Å²) in [4.78, 5) is 11.0. The summed E-state index contributed by atoms with van der Waals surface area (Å²) < 4.78 is 17.4. The lowest BCUT2D eigenvalue weighted by Crippen LogP contribution is -2.11. The van der Waals surface area contributed by atoms with Gasteiger partial charge in [0.1, 0.15) is 6.17 Å². The highest BCUT2D eigenvalue weighted by molar-refractivity contribution is 5.69. The molecule has 1 aliphatic rings. The van der Waals surface area contributed by atoms with E-state index in [0.717, 1.165) is 25.7 Å². The first kappa shape index (κ1) is 19.1. The second-order valence-corrected chi connectivity index (χ2v) is 5.39. The van der Waals surface area contributed by atoms with Crippen LogP contribution in [0.5, 0.6) is 0 Å². The van der Waals surface area contributed by atoms with E-state index < -0.39 is 6.17 Å². The van der Waals surface area contributed by atoms with Gasteiger partial charge in [0.15, 0.2) is 0 Å². The SMILES string of the molecule is C/C=C\CCCC(=O)OC(C)C.OCC1CCCC1F. The zero-order chi connectivity index (χ0) is 15.4. The fourth-order valence-electron chi connectivity index (χ4n) is 2.05. The smallest absolute Gasteiger partial charge is 0.306 e. The molecule has 2 unspecified atom stereocenters. The van der Waals surface area contributed by atoms with Crippen molar-refractivity contribution >= 4 is 5.97 Å². The molecule has 1 fully saturated rings. The number of alkyl halides is 1. The molecule has 1 aliphatic carbocycles. The van der Waals surface area contributed by atoms with Crippen LogP contribution in [-0.4, -0.2) is 30.0 Å². The summed E-state index contributed by atoms with van der Waals surface area (Å²) in [6.07, 6.45) is 8.20. The number of hydrogen-bond acceptors (Lipinski definition) is 3. The maximum atomic E-state index is 12.4. The number of aliphatic hydroxyl groups is 1. The molecule has 1 saturated carbocycles. The monoisotopic (exact) mass is 288 g/mol. The Hall–Kier alpha value is -0.900. The molecule has 0 saturated heterocycles. The molecular formula is C16H29FO3. The Morgan fingerprint density at radius 3 is 2.55 bits per heavy atom. The van der Waals surface area contributed by atoms with Gasteiger partial charge in [0, 0.05) is 18.9 Å². The number of hydrogen-bond donors (Lipinski definition) is 1. The first-order chi connectivity index (χ1) is 9.51.